The SMILES string of the molecule is N[C@@H]1C[C@@H](F)CN(c2ccn3ncc(C(=O)Nc4cn(C5CCC(C(=O)N6CCC(CNc7cccc(C8CCC(=O)NC8=O)c7)CC6)CC5)nc4C(F)(F)F)c3n2)C1. The Morgan fingerprint density at radius 1 is 1.00 bits per heavy atom. The zero-order valence-electron chi connectivity index (χ0n) is 32.3. The molecule has 1 unspecified atom stereocenters. The largest absolute Gasteiger partial charge is 0.437 e. The van der Waals surface area contributed by atoms with Crippen molar-refractivity contribution in [3.63, 3.8) is 0 Å². The number of likely N-dealkylation sites (tertiary alicyclic amines) is 1. The summed E-state index contributed by atoms with van der Waals surface area (Å²) in [5, 5.41) is 16.3. The van der Waals surface area contributed by atoms with Crippen LogP contribution in [0.2, 0.25) is 0 Å². The predicted molar refractivity (Wildman–Crippen MR) is 208 cm³/mol. The van der Waals surface area contributed by atoms with Crippen molar-refractivity contribution in [2.45, 2.75) is 88.1 Å². The summed E-state index contributed by atoms with van der Waals surface area (Å²) in [4.78, 5) is 59.0. The van der Waals surface area contributed by atoms with E-state index in [-0.39, 0.29) is 53.7 Å². The molecule has 4 aliphatic rings. The Morgan fingerprint density at radius 3 is 2.51 bits per heavy atom. The molecule has 1 aromatic carbocycles. The minimum atomic E-state index is -4.86. The quantitative estimate of drug-likeness (QED) is 0.137. The van der Waals surface area contributed by atoms with E-state index < -0.39 is 41.7 Å². The van der Waals surface area contributed by atoms with Gasteiger partial charge in [0.25, 0.3) is 5.91 Å². The molecular formula is C40H47F4N11O4. The van der Waals surface area contributed by atoms with E-state index in [1.54, 1.807) is 17.2 Å². The number of hydrogen-bond acceptors (Lipinski definition) is 10. The van der Waals surface area contributed by atoms with Crippen molar-refractivity contribution in [2.24, 2.45) is 17.6 Å². The van der Waals surface area contributed by atoms with Crippen LogP contribution < -0.4 is 26.6 Å². The van der Waals surface area contributed by atoms with Gasteiger partial charge in [-0.1, -0.05) is 12.1 Å². The second kappa shape index (κ2) is 16.6. The lowest BCUT2D eigenvalue weighted by Gasteiger charge is -2.36. The summed E-state index contributed by atoms with van der Waals surface area (Å²) in [6.07, 6.45) is 2.50. The van der Waals surface area contributed by atoms with Crippen LogP contribution in [0.15, 0.2) is 48.9 Å². The van der Waals surface area contributed by atoms with E-state index in [9.17, 15) is 36.7 Å². The Kier molecular flexibility index (Phi) is 11.3. The van der Waals surface area contributed by atoms with Crippen molar-refractivity contribution in [3.8, 4) is 0 Å². The van der Waals surface area contributed by atoms with Crippen molar-refractivity contribution >= 4 is 46.5 Å². The standard InChI is InChI=1S/C40H47F4N11O4/c41-26-17-27(45)21-53(20-26)33-12-15-54-36(49-33)31(19-47-54)38(58)48-32-22-55(51-35(32)40(42,43)44)29-6-4-24(5-7-29)39(59)52-13-10-23(11-14-52)18-46-28-3-1-2-25(16-28)30-8-9-34(56)50-37(30)57/h1-3,12,15-16,19,22-24,26-27,29-30,46H,4-11,13-14,17-18,20-21,45H2,(H,48,58)(H,50,56,57)/t24?,26-,27-,29?,30?/m1/s1. The fourth-order valence-corrected chi connectivity index (χ4v) is 8.87. The second-order valence-corrected chi connectivity index (χ2v) is 16.2. The average Bonchev–Trinajstić information content (AvgIpc) is 3.85. The van der Waals surface area contributed by atoms with Crippen LogP contribution in [-0.4, -0.2) is 97.8 Å². The summed E-state index contributed by atoms with van der Waals surface area (Å²) in [6.45, 7) is 2.38. The first-order valence-corrected chi connectivity index (χ1v) is 20.2. The number of nitrogens with one attached hydrogen (secondary N) is 3. The number of carbonyl (C=O) groups is 4. The maximum Gasteiger partial charge on any atom is 0.437 e. The van der Waals surface area contributed by atoms with Crippen molar-refractivity contribution in [2.75, 3.05) is 48.3 Å². The smallest absolute Gasteiger partial charge is 0.385 e. The predicted octanol–water partition coefficient (Wildman–Crippen LogP) is 4.67. The number of fused-ring (bicyclic) bond motifs is 1. The molecule has 15 nitrogen and oxygen atoms in total. The molecule has 3 atom stereocenters. The van der Waals surface area contributed by atoms with Gasteiger partial charge in [0.2, 0.25) is 17.7 Å². The van der Waals surface area contributed by atoms with Crippen molar-refractivity contribution < 1.29 is 36.7 Å². The van der Waals surface area contributed by atoms with E-state index in [4.69, 9.17) is 5.73 Å². The van der Waals surface area contributed by atoms with Gasteiger partial charge in [-0.25, -0.2) is 13.9 Å². The molecule has 19 heteroatoms. The number of alkyl halides is 4. The molecule has 314 valence electrons. The van der Waals surface area contributed by atoms with E-state index in [2.05, 4.69) is 31.1 Å². The summed E-state index contributed by atoms with van der Waals surface area (Å²) in [7, 11) is 0. The third-order valence-corrected chi connectivity index (χ3v) is 12.1. The minimum absolute atomic E-state index is 0.0639. The van der Waals surface area contributed by atoms with E-state index in [0.29, 0.717) is 76.4 Å². The maximum atomic E-state index is 14.3. The van der Waals surface area contributed by atoms with Gasteiger partial charge in [-0.15, -0.1) is 0 Å². The Labute approximate surface area is 337 Å². The highest BCUT2D eigenvalue weighted by Gasteiger charge is 2.40. The van der Waals surface area contributed by atoms with Gasteiger partial charge in [-0.05, 0) is 81.0 Å². The first-order valence-electron chi connectivity index (χ1n) is 20.2. The molecule has 3 aliphatic heterocycles. The van der Waals surface area contributed by atoms with Gasteiger partial charge < -0.3 is 26.2 Å². The Bertz CT molecular complexity index is 2200. The summed E-state index contributed by atoms with van der Waals surface area (Å²) in [6, 6.07) is 8.50. The van der Waals surface area contributed by atoms with Gasteiger partial charge in [-0.3, -0.25) is 29.2 Å². The highest BCUT2D eigenvalue weighted by atomic mass is 19.4. The Hall–Kier alpha value is -5.59. The number of nitrogens with zero attached hydrogens (tertiary/aromatic N) is 7. The fourth-order valence-electron chi connectivity index (χ4n) is 8.87. The molecule has 59 heavy (non-hydrogen) atoms. The van der Waals surface area contributed by atoms with Gasteiger partial charge in [0.15, 0.2) is 11.3 Å². The number of halogens is 4. The minimum Gasteiger partial charge on any atom is -0.385 e. The molecule has 0 spiro atoms. The highest BCUT2D eigenvalue weighted by molar-refractivity contribution is 6.08. The number of imide groups is 1. The van der Waals surface area contributed by atoms with Gasteiger partial charge in [0.05, 0.1) is 30.4 Å². The molecule has 5 N–H and O–H groups in total. The van der Waals surface area contributed by atoms with Gasteiger partial charge >= 0.3 is 6.18 Å². The van der Waals surface area contributed by atoms with Gasteiger partial charge in [-0.2, -0.15) is 23.4 Å². The molecule has 4 aromatic rings. The molecule has 1 saturated carbocycles. The first kappa shape index (κ1) is 40.2. The summed E-state index contributed by atoms with van der Waals surface area (Å²) in [5.74, 6) is -1.20. The lowest BCUT2D eigenvalue weighted by Crippen LogP contribution is -2.48. The molecule has 4 fully saturated rings. The Balaban J connectivity index is 0.843. The number of anilines is 3. The number of hydrogen-bond donors (Lipinski definition) is 4. The van der Waals surface area contributed by atoms with E-state index in [0.717, 1.165) is 24.1 Å². The van der Waals surface area contributed by atoms with E-state index in [1.807, 2.05) is 29.2 Å². The number of nitrogens with two attached hydrogens (primary N) is 1. The molecule has 1 aliphatic carbocycles. The zero-order valence-corrected chi connectivity index (χ0v) is 32.3. The lowest BCUT2D eigenvalue weighted by molar-refractivity contribution is -0.141. The van der Waals surface area contributed by atoms with Crippen molar-refractivity contribution in [3.05, 3.63) is 65.7 Å². The number of amides is 4. The third kappa shape index (κ3) is 8.89. The molecular weight excluding hydrogens is 775 g/mol. The van der Waals surface area contributed by atoms with Crippen LogP contribution in [0.1, 0.15) is 91.4 Å². The zero-order chi connectivity index (χ0) is 41.4. The number of benzene rings is 1. The van der Waals surface area contributed by atoms with Crippen LogP contribution in [0.4, 0.5) is 34.8 Å². The van der Waals surface area contributed by atoms with Crippen LogP contribution in [0.25, 0.3) is 5.65 Å². The maximum absolute atomic E-state index is 14.3. The molecule has 3 saturated heterocycles. The fraction of sp³-hybridized carbons (Fsp3) is 0.525. The molecule has 0 radical (unpaired) electrons. The average molecular weight is 822 g/mol. The van der Waals surface area contributed by atoms with Crippen molar-refractivity contribution in [1.29, 1.82) is 0 Å². The second-order valence-electron chi connectivity index (χ2n) is 16.2. The van der Waals surface area contributed by atoms with Crippen LogP contribution >= 0.6 is 0 Å². The van der Waals surface area contributed by atoms with Crippen molar-refractivity contribution in [1.82, 2.24) is 34.6 Å². The van der Waals surface area contributed by atoms with Crippen LogP contribution in [0.3, 0.4) is 0 Å². The van der Waals surface area contributed by atoms with Crippen LogP contribution in [0.5, 0.6) is 0 Å². The molecule has 0 bridgehead atoms. The molecule has 3 aromatic heterocycles. The number of piperidine rings is 3. The number of rotatable bonds is 9. The summed E-state index contributed by atoms with van der Waals surface area (Å²) < 4.78 is 59.6. The highest BCUT2D eigenvalue weighted by Crippen LogP contribution is 2.39. The summed E-state index contributed by atoms with van der Waals surface area (Å²) >= 11 is 0. The molecule has 6 heterocycles. The third-order valence-electron chi connectivity index (χ3n) is 12.1. The van der Waals surface area contributed by atoms with E-state index >= 15 is 0 Å². The number of aromatic nitrogens is 5. The van der Waals surface area contributed by atoms with E-state index in [1.165, 1.54) is 21.6 Å². The van der Waals surface area contributed by atoms with Crippen LogP contribution in [-0.2, 0) is 20.6 Å². The van der Waals surface area contributed by atoms with Gasteiger partial charge in [0.1, 0.15) is 17.6 Å². The van der Waals surface area contributed by atoms with Gasteiger partial charge in [0, 0.05) is 62.6 Å². The van der Waals surface area contributed by atoms with Crippen LogP contribution in [0, 0.1) is 11.8 Å². The molecule has 8 rings (SSSR count). The topological polar surface area (TPSA) is 185 Å². The molecule has 4 amide bonds. The number of carbonyl (C=O) groups excluding carboxylic acids is 4. The normalized spacial score (nSPS) is 24.6. The monoisotopic (exact) mass is 821 g/mol. The first-order chi connectivity index (χ1) is 28.3. The summed E-state index contributed by atoms with van der Waals surface area (Å²) in [5.41, 5.74) is 6.04. The lowest BCUT2D eigenvalue weighted by atomic mass is 9.84. The Morgan fingerprint density at radius 2 is 1.78 bits per heavy atom.